The first-order chi connectivity index (χ1) is 13.3. The van der Waals surface area contributed by atoms with Crippen molar-refractivity contribution >= 4 is 10.8 Å². The van der Waals surface area contributed by atoms with Crippen molar-refractivity contribution in [2.45, 2.75) is 90.4 Å². The topological polar surface area (TPSA) is 9.23 Å². The third-order valence-electron chi connectivity index (χ3n) is 6.50. The summed E-state index contributed by atoms with van der Waals surface area (Å²) in [5.74, 6) is 2.75. The fourth-order valence-electron chi connectivity index (χ4n) is 4.56. The van der Waals surface area contributed by atoms with Crippen molar-refractivity contribution in [1.82, 2.24) is 0 Å². The lowest BCUT2D eigenvalue weighted by molar-refractivity contribution is 0.305. The van der Waals surface area contributed by atoms with Crippen LogP contribution in [-0.2, 0) is 0 Å². The lowest BCUT2D eigenvalue weighted by Gasteiger charge is -2.28. The molecule has 0 aliphatic heterocycles. The van der Waals surface area contributed by atoms with Gasteiger partial charge in [-0.15, -0.1) is 0 Å². The quantitative estimate of drug-likeness (QED) is 0.384. The van der Waals surface area contributed by atoms with E-state index in [1.54, 1.807) is 0 Å². The van der Waals surface area contributed by atoms with E-state index in [2.05, 4.69) is 50.2 Å². The number of benzene rings is 2. The van der Waals surface area contributed by atoms with E-state index < -0.39 is 0 Å². The molecule has 0 saturated heterocycles. The molecule has 0 unspecified atom stereocenters. The Morgan fingerprint density at radius 1 is 0.778 bits per heavy atom. The number of hydrogen-bond acceptors (Lipinski definition) is 1. The molecule has 0 spiro atoms. The molecule has 0 N–H and O–H groups in total. The highest BCUT2D eigenvalue weighted by Gasteiger charge is 2.21. The molecule has 0 radical (unpaired) electrons. The summed E-state index contributed by atoms with van der Waals surface area (Å²) in [6.07, 6.45) is 14.8. The highest BCUT2D eigenvalue weighted by atomic mass is 16.5. The predicted molar refractivity (Wildman–Crippen MR) is 118 cm³/mol. The summed E-state index contributed by atoms with van der Waals surface area (Å²) in [6, 6.07) is 13.7. The van der Waals surface area contributed by atoms with Gasteiger partial charge in [0, 0.05) is 0 Å². The Hall–Kier alpha value is -1.50. The third kappa shape index (κ3) is 5.99. The highest BCUT2D eigenvalue weighted by Crippen LogP contribution is 2.38. The van der Waals surface area contributed by atoms with Crippen LogP contribution in [-0.4, -0.2) is 6.61 Å². The van der Waals surface area contributed by atoms with Gasteiger partial charge in [-0.25, -0.2) is 0 Å². The van der Waals surface area contributed by atoms with Crippen LogP contribution < -0.4 is 4.74 Å². The molecule has 0 aromatic heterocycles. The molecular weight excluding hydrogens is 328 g/mol. The first-order valence-corrected chi connectivity index (χ1v) is 11.5. The Kier molecular flexibility index (Phi) is 8.05. The standard InChI is InChI=1S/C26H38O/c1-3-5-6-7-8-9-18-27-26-17-16-24-19-23(14-15-25(24)20-26)22-12-10-21(4-2)11-13-22/h14-17,19-22H,3-13,18H2,1-2H3/t21-,22-. The van der Waals surface area contributed by atoms with Crippen LogP contribution in [0.5, 0.6) is 5.75 Å². The van der Waals surface area contributed by atoms with Gasteiger partial charge >= 0.3 is 0 Å². The van der Waals surface area contributed by atoms with E-state index in [9.17, 15) is 0 Å². The second kappa shape index (κ2) is 10.7. The molecule has 1 saturated carbocycles. The molecule has 1 aliphatic rings. The van der Waals surface area contributed by atoms with Crippen LogP contribution in [0.2, 0.25) is 0 Å². The summed E-state index contributed by atoms with van der Waals surface area (Å²) < 4.78 is 5.99. The third-order valence-corrected chi connectivity index (χ3v) is 6.50. The first-order valence-electron chi connectivity index (χ1n) is 11.5. The zero-order chi connectivity index (χ0) is 18.9. The Balaban J connectivity index is 1.51. The molecule has 0 bridgehead atoms. The Morgan fingerprint density at radius 3 is 2.26 bits per heavy atom. The van der Waals surface area contributed by atoms with Gasteiger partial charge in [0.05, 0.1) is 6.61 Å². The molecule has 27 heavy (non-hydrogen) atoms. The molecule has 2 aromatic carbocycles. The smallest absolute Gasteiger partial charge is 0.119 e. The molecule has 1 aliphatic carbocycles. The van der Waals surface area contributed by atoms with Gasteiger partial charge in [-0.2, -0.15) is 0 Å². The van der Waals surface area contributed by atoms with Crippen molar-refractivity contribution in [2.24, 2.45) is 5.92 Å². The first kappa shape index (κ1) is 20.2. The minimum atomic E-state index is 0.765. The van der Waals surface area contributed by atoms with E-state index in [1.165, 1.54) is 87.0 Å². The van der Waals surface area contributed by atoms with Crippen LogP contribution in [0.15, 0.2) is 36.4 Å². The summed E-state index contributed by atoms with van der Waals surface area (Å²) >= 11 is 0. The van der Waals surface area contributed by atoms with Crippen LogP contribution in [0.25, 0.3) is 10.8 Å². The maximum Gasteiger partial charge on any atom is 0.119 e. The number of unbranched alkanes of at least 4 members (excludes halogenated alkanes) is 5. The van der Waals surface area contributed by atoms with Gasteiger partial charge in [0.15, 0.2) is 0 Å². The van der Waals surface area contributed by atoms with Gasteiger partial charge in [0.2, 0.25) is 0 Å². The van der Waals surface area contributed by atoms with Crippen LogP contribution >= 0.6 is 0 Å². The van der Waals surface area contributed by atoms with Gasteiger partial charge < -0.3 is 4.74 Å². The summed E-state index contributed by atoms with van der Waals surface area (Å²) in [5.41, 5.74) is 1.54. The minimum Gasteiger partial charge on any atom is -0.494 e. The lowest BCUT2D eigenvalue weighted by Crippen LogP contribution is -2.12. The Labute approximate surface area is 166 Å². The van der Waals surface area contributed by atoms with Gasteiger partial charge in [-0.1, -0.05) is 76.6 Å². The van der Waals surface area contributed by atoms with Crippen LogP contribution in [0.3, 0.4) is 0 Å². The monoisotopic (exact) mass is 366 g/mol. The largest absolute Gasteiger partial charge is 0.494 e. The van der Waals surface area contributed by atoms with Crippen molar-refractivity contribution in [1.29, 1.82) is 0 Å². The molecule has 1 nitrogen and oxygen atoms in total. The minimum absolute atomic E-state index is 0.765. The number of ether oxygens (including phenoxy) is 1. The molecule has 3 rings (SSSR count). The second-order valence-corrected chi connectivity index (χ2v) is 8.51. The van der Waals surface area contributed by atoms with Gasteiger partial charge in [-0.3, -0.25) is 0 Å². The van der Waals surface area contributed by atoms with Gasteiger partial charge in [0.25, 0.3) is 0 Å². The van der Waals surface area contributed by atoms with Crippen molar-refractivity contribution < 1.29 is 4.74 Å². The average molecular weight is 367 g/mol. The van der Waals surface area contributed by atoms with Gasteiger partial charge in [0.1, 0.15) is 5.75 Å². The molecule has 1 fully saturated rings. The summed E-state index contributed by atoms with van der Waals surface area (Å²) in [5, 5.41) is 2.67. The van der Waals surface area contributed by atoms with E-state index in [0.717, 1.165) is 24.2 Å². The van der Waals surface area contributed by atoms with Crippen LogP contribution in [0.4, 0.5) is 0 Å². The van der Waals surface area contributed by atoms with E-state index >= 15 is 0 Å². The lowest BCUT2D eigenvalue weighted by atomic mass is 9.77. The fraction of sp³-hybridized carbons (Fsp3) is 0.615. The van der Waals surface area contributed by atoms with E-state index in [0.29, 0.717) is 0 Å². The maximum absolute atomic E-state index is 5.99. The van der Waals surface area contributed by atoms with Crippen LogP contribution in [0, 0.1) is 5.92 Å². The summed E-state index contributed by atoms with van der Waals surface area (Å²) in [4.78, 5) is 0. The van der Waals surface area contributed by atoms with Crippen molar-refractivity contribution in [2.75, 3.05) is 6.61 Å². The van der Waals surface area contributed by atoms with Crippen LogP contribution in [0.1, 0.15) is 96.0 Å². The second-order valence-electron chi connectivity index (χ2n) is 8.51. The van der Waals surface area contributed by atoms with Crippen molar-refractivity contribution in [3.63, 3.8) is 0 Å². The van der Waals surface area contributed by atoms with Crippen molar-refractivity contribution in [3.05, 3.63) is 42.0 Å². The van der Waals surface area contributed by atoms with E-state index in [4.69, 9.17) is 4.74 Å². The predicted octanol–water partition coefficient (Wildman–Crippen LogP) is 8.26. The zero-order valence-electron chi connectivity index (χ0n) is 17.5. The number of hydrogen-bond donors (Lipinski definition) is 0. The molecule has 0 atom stereocenters. The van der Waals surface area contributed by atoms with Gasteiger partial charge in [-0.05, 0) is 72.4 Å². The zero-order valence-corrected chi connectivity index (χ0v) is 17.5. The molecule has 0 amide bonds. The summed E-state index contributed by atoms with van der Waals surface area (Å²) in [7, 11) is 0. The maximum atomic E-state index is 5.99. The SMILES string of the molecule is CCCCCCCCOc1ccc2cc([C@H]3CC[C@H](CC)CC3)ccc2c1. The number of fused-ring (bicyclic) bond motifs is 1. The average Bonchev–Trinajstić information content (AvgIpc) is 2.72. The number of rotatable bonds is 10. The summed E-state index contributed by atoms with van der Waals surface area (Å²) in [6.45, 7) is 5.45. The molecule has 148 valence electrons. The normalized spacial score (nSPS) is 20.1. The Morgan fingerprint density at radius 2 is 1.48 bits per heavy atom. The fourth-order valence-corrected chi connectivity index (χ4v) is 4.56. The Bertz CT molecular complexity index is 682. The molecular formula is C26H38O. The molecule has 0 heterocycles. The van der Waals surface area contributed by atoms with E-state index in [1.807, 2.05) is 0 Å². The van der Waals surface area contributed by atoms with E-state index in [-0.39, 0.29) is 0 Å². The highest BCUT2D eigenvalue weighted by molar-refractivity contribution is 5.84. The molecule has 2 aromatic rings. The molecule has 1 heteroatoms. The van der Waals surface area contributed by atoms with Crippen molar-refractivity contribution in [3.8, 4) is 5.75 Å².